The molecule has 0 saturated heterocycles. The highest BCUT2D eigenvalue weighted by molar-refractivity contribution is 7.98. The van der Waals surface area contributed by atoms with E-state index in [1.807, 2.05) is 6.26 Å². The predicted octanol–water partition coefficient (Wildman–Crippen LogP) is 0.785. The topological polar surface area (TPSA) is 72.2 Å². The third-order valence-corrected chi connectivity index (χ3v) is 5.73. The molecule has 0 aromatic heterocycles. The van der Waals surface area contributed by atoms with E-state index in [4.69, 9.17) is 5.84 Å². The van der Waals surface area contributed by atoms with Crippen molar-refractivity contribution in [2.45, 2.75) is 37.0 Å². The minimum Gasteiger partial charge on any atom is -0.271 e. The minimum atomic E-state index is -2.89. The molecule has 16 heavy (non-hydrogen) atoms. The van der Waals surface area contributed by atoms with Crippen molar-refractivity contribution in [3.63, 3.8) is 0 Å². The molecule has 3 N–H and O–H groups in total. The van der Waals surface area contributed by atoms with Crippen molar-refractivity contribution in [1.29, 1.82) is 0 Å². The second kappa shape index (κ2) is 6.23. The number of hydrazine groups is 1. The maximum atomic E-state index is 11.5. The molecule has 0 aliphatic heterocycles. The standard InChI is InChI=1S/C10H22N2O2S2/c1-15-7-10(12-11)8-4-3-5-9(6-8)16(2,13)14/h8-10,12H,3-7,11H2,1-2H3. The van der Waals surface area contributed by atoms with Gasteiger partial charge in [0.25, 0.3) is 0 Å². The van der Waals surface area contributed by atoms with E-state index in [-0.39, 0.29) is 11.3 Å². The van der Waals surface area contributed by atoms with Gasteiger partial charge in [0.05, 0.1) is 5.25 Å². The van der Waals surface area contributed by atoms with Crippen molar-refractivity contribution in [3.05, 3.63) is 0 Å². The molecule has 0 aromatic rings. The predicted molar refractivity (Wildman–Crippen MR) is 70.1 cm³/mol. The van der Waals surface area contributed by atoms with Gasteiger partial charge in [-0.25, -0.2) is 8.42 Å². The number of hydrogen-bond acceptors (Lipinski definition) is 5. The molecule has 0 aromatic carbocycles. The molecule has 1 rings (SSSR count). The first-order valence-corrected chi connectivity index (χ1v) is 8.97. The van der Waals surface area contributed by atoms with Gasteiger partial charge in [-0.1, -0.05) is 6.42 Å². The molecule has 1 fully saturated rings. The molecule has 3 atom stereocenters. The summed E-state index contributed by atoms with van der Waals surface area (Å²) in [6.45, 7) is 0. The summed E-state index contributed by atoms with van der Waals surface area (Å²) >= 11 is 1.74. The monoisotopic (exact) mass is 266 g/mol. The summed E-state index contributed by atoms with van der Waals surface area (Å²) in [5, 5.41) is -0.163. The van der Waals surface area contributed by atoms with Crippen molar-refractivity contribution in [2.24, 2.45) is 11.8 Å². The maximum Gasteiger partial charge on any atom is 0.150 e. The van der Waals surface area contributed by atoms with E-state index < -0.39 is 9.84 Å². The van der Waals surface area contributed by atoms with Crippen LogP contribution < -0.4 is 11.3 Å². The third-order valence-electron chi connectivity index (χ3n) is 3.40. The zero-order valence-corrected chi connectivity index (χ0v) is 11.6. The molecule has 0 amide bonds. The first kappa shape index (κ1) is 14.3. The molecule has 6 heteroatoms. The van der Waals surface area contributed by atoms with E-state index >= 15 is 0 Å². The smallest absolute Gasteiger partial charge is 0.150 e. The lowest BCUT2D eigenvalue weighted by molar-refractivity contribution is 0.288. The van der Waals surface area contributed by atoms with Crippen LogP contribution in [-0.4, -0.2) is 38.0 Å². The number of nitrogens with two attached hydrogens (primary N) is 1. The average Bonchev–Trinajstić information content (AvgIpc) is 2.25. The van der Waals surface area contributed by atoms with Crippen LogP contribution in [0.4, 0.5) is 0 Å². The molecule has 4 nitrogen and oxygen atoms in total. The third kappa shape index (κ3) is 3.91. The summed E-state index contributed by atoms with van der Waals surface area (Å²) in [5.74, 6) is 6.87. The molecule has 1 aliphatic rings. The van der Waals surface area contributed by atoms with E-state index in [1.54, 1.807) is 11.8 Å². The van der Waals surface area contributed by atoms with Crippen LogP contribution in [0.5, 0.6) is 0 Å². The zero-order valence-electron chi connectivity index (χ0n) is 9.98. The normalized spacial score (nSPS) is 28.9. The Bertz CT molecular complexity index is 306. The molecule has 1 aliphatic carbocycles. The summed E-state index contributed by atoms with van der Waals surface area (Å²) in [5.41, 5.74) is 2.83. The van der Waals surface area contributed by atoms with Gasteiger partial charge in [0, 0.05) is 18.1 Å². The number of hydrogen-bond donors (Lipinski definition) is 2. The average molecular weight is 266 g/mol. The maximum absolute atomic E-state index is 11.5. The highest BCUT2D eigenvalue weighted by atomic mass is 32.2. The first-order valence-electron chi connectivity index (χ1n) is 5.63. The Kier molecular flexibility index (Phi) is 5.56. The Hall–Kier alpha value is 0.220. The van der Waals surface area contributed by atoms with Crippen LogP contribution in [0.1, 0.15) is 25.7 Å². The number of thioether (sulfide) groups is 1. The molecule has 0 bridgehead atoms. The van der Waals surface area contributed by atoms with Gasteiger partial charge < -0.3 is 0 Å². The number of sulfone groups is 1. The van der Waals surface area contributed by atoms with Crippen molar-refractivity contribution < 1.29 is 8.42 Å². The van der Waals surface area contributed by atoms with E-state index in [0.29, 0.717) is 5.92 Å². The second-order valence-corrected chi connectivity index (χ2v) is 7.84. The zero-order chi connectivity index (χ0) is 12.2. The number of nitrogens with one attached hydrogen (secondary N) is 1. The van der Waals surface area contributed by atoms with Gasteiger partial charge in [-0.05, 0) is 31.4 Å². The Morgan fingerprint density at radius 2 is 2.19 bits per heavy atom. The molecular formula is C10H22N2O2S2. The summed E-state index contributed by atoms with van der Waals surface area (Å²) in [6, 6.07) is 0.236. The Morgan fingerprint density at radius 1 is 1.50 bits per heavy atom. The molecule has 3 unspecified atom stereocenters. The molecule has 1 saturated carbocycles. The van der Waals surface area contributed by atoms with Crippen LogP contribution in [0.3, 0.4) is 0 Å². The molecular weight excluding hydrogens is 244 g/mol. The van der Waals surface area contributed by atoms with Crippen molar-refractivity contribution in [2.75, 3.05) is 18.3 Å². The quantitative estimate of drug-likeness (QED) is 0.568. The van der Waals surface area contributed by atoms with Crippen LogP contribution in [0.25, 0.3) is 0 Å². The SMILES string of the molecule is CSCC(NN)C1CCCC(S(C)(=O)=O)C1. The fourth-order valence-electron chi connectivity index (χ4n) is 2.44. The van der Waals surface area contributed by atoms with Gasteiger partial charge in [0.15, 0.2) is 0 Å². The molecule has 0 radical (unpaired) electrons. The van der Waals surface area contributed by atoms with Crippen molar-refractivity contribution >= 4 is 21.6 Å². The van der Waals surface area contributed by atoms with Crippen LogP contribution >= 0.6 is 11.8 Å². The summed E-state index contributed by atoms with van der Waals surface area (Å²) in [6.07, 6.45) is 7.04. The fourth-order valence-corrected chi connectivity index (χ4v) is 4.35. The minimum absolute atomic E-state index is 0.163. The first-order chi connectivity index (χ1) is 7.49. The highest BCUT2D eigenvalue weighted by Gasteiger charge is 2.32. The van der Waals surface area contributed by atoms with Crippen LogP contribution in [0.2, 0.25) is 0 Å². The summed E-state index contributed by atoms with van der Waals surface area (Å²) in [4.78, 5) is 0. The van der Waals surface area contributed by atoms with E-state index in [1.165, 1.54) is 6.26 Å². The largest absolute Gasteiger partial charge is 0.271 e. The van der Waals surface area contributed by atoms with Crippen LogP contribution in [0.15, 0.2) is 0 Å². The van der Waals surface area contributed by atoms with Crippen molar-refractivity contribution in [3.8, 4) is 0 Å². The van der Waals surface area contributed by atoms with Gasteiger partial charge in [-0.2, -0.15) is 11.8 Å². The Labute approximate surface area is 103 Å². The van der Waals surface area contributed by atoms with Gasteiger partial charge in [0.1, 0.15) is 9.84 Å². The molecule has 0 spiro atoms. The lowest BCUT2D eigenvalue weighted by atomic mass is 9.84. The van der Waals surface area contributed by atoms with Crippen LogP contribution in [0, 0.1) is 5.92 Å². The van der Waals surface area contributed by atoms with Gasteiger partial charge in [-0.3, -0.25) is 11.3 Å². The Balaban J connectivity index is 2.62. The lowest BCUT2D eigenvalue weighted by Crippen LogP contribution is -2.45. The molecule has 96 valence electrons. The van der Waals surface area contributed by atoms with Crippen LogP contribution in [-0.2, 0) is 9.84 Å². The highest BCUT2D eigenvalue weighted by Crippen LogP contribution is 2.31. The lowest BCUT2D eigenvalue weighted by Gasteiger charge is -2.33. The molecule has 0 heterocycles. The second-order valence-electron chi connectivity index (χ2n) is 4.61. The van der Waals surface area contributed by atoms with E-state index in [9.17, 15) is 8.42 Å². The van der Waals surface area contributed by atoms with E-state index in [2.05, 4.69) is 5.43 Å². The van der Waals surface area contributed by atoms with Crippen molar-refractivity contribution in [1.82, 2.24) is 5.43 Å². The van der Waals surface area contributed by atoms with Gasteiger partial charge in [-0.15, -0.1) is 0 Å². The fraction of sp³-hybridized carbons (Fsp3) is 1.00. The van der Waals surface area contributed by atoms with E-state index in [0.717, 1.165) is 31.4 Å². The summed E-state index contributed by atoms with van der Waals surface area (Å²) in [7, 11) is -2.89. The Morgan fingerprint density at radius 3 is 2.69 bits per heavy atom. The van der Waals surface area contributed by atoms with Gasteiger partial charge in [0.2, 0.25) is 0 Å². The number of rotatable bonds is 5. The van der Waals surface area contributed by atoms with Gasteiger partial charge >= 0.3 is 0 Å². The summed E-state index contributed by atoms with van der Waals surface area (Å²) < 4.78 is 23.1.